The molecule has 1 aromatic heterocycles. The molecule has 0 aliphatic heterocycles. The van der Waals surface area contributed by atoms with Crippen LogP contribution in [0.3, 0.4) is 0 Å². The van der Waals surface area contributed by atoms with Crippen molar-refractivity contribution in [2.24, 2.45) is 5.73 Å². The van der Waals surface area contributed by atoms with Crippen LogP contribution in [0.2, 0.25) is 0 Å². The number of aryl methyl sites for hydroxylation is 1. The van der Waals surface area contributed by atoms with Crippen molar-refractivity contribution in [2.75, 3.05) is 0 Å². The summed E-state index contributed by atoms with van der Waals surface area (Å²) in [6.07, 6.45) is 2.57. The fourth-order valence-corrected chi connectivity index (χ4v) is 2.97. The van der Waals surface area contributed by atoms with Crippen LogP contribution in [0.4, 0.5) is 4.39 Å². The molecule has 2 aromatic carbocycles. The van der Waals surface area contributed by atoms with Crippen molar-refractivity contribution in [1.82, 2.24) is 4.57 Å². The number of hydrogen-bond acceptors (Lipinski definition) is 3. The molecule has 134 valence electrons. The molecule has 1 heterocycles. The Kier molecular flexibility index (Phi) is 5.14. The summed E-state index contributed by atoms with van der Waals surface area (Å²) in [4.78, 5) is 23.7. The molecule has 3 rings (SSSR count). The Labute approximate surface area is 149 Å². The summed E-state index contributed by atoms with van der Waals surface area (Å²) in [5.41, 5.74) is 7.98. The van der Waals surface area contributed by atoms with Gasteiger partial charge < -0.3 is 10.8 Å². The number of fused-ring (bicyclic) bond motifs is 1. The van der Waals surface area contributed by atoms with Gasteiger partial charge in [-0.1, -0.05) is 30.3 Å². The number of hydrogen-bond donors (Lipinski definition) is 2. The molecule has 0 aliphatic carbocycles. The van der Waals surface area contributed by atoms with Crippen molar-refractivity contribution in [3.63, 3.8) is 0 Å². The topological polar surface area (TPSA) is 85.3 Å². The third-order valence-corrected chi connectivity index (χ3v) is 4.36. The van der Waals surface area contributed by atoms with Crippen LogP contribution in [0.15, 0.2) is 54.7 Å². The first-order valence-electron chi connectivity index (χ1n) is 8.30. The number of nitrogens with zero attached hydrogens (tertiary/aromatic N) is 1. The SMILES string of the molecule is NC(Cc1cn(C(=O)CCc2ccc(F)cc2)c2ccccc12)C(=O)O. The Morgan fingerprint density at radius 3 is 2.50 bits per heavy atom. The van der Waals surface area contributed by atoms with Crippen molar-refractivity contribution in [1.29, 1.82) is 0 Å². The molecular weight excluding hydrogens is 335 g/mol. The van der Waals surface area contributed by atoms with Crippen LogP contribution >= 0.6 is 0 Å². The lowest BCUT2D eigenvalue weighted by atomic mass is 10.1. The standard InChI is InChI=1S/C20H19FN2O3/c21-15-8-5-13(6-9-15)7-10-19(24)23-12-14(11-17(22)20(25)26)16-3-1-2-4-18(16)23/h1-6,8-9,12,17H,7,10-11,22H2,(H,25,26). The number of carboxylic acid groups (broad SMARTS) is 1. The normalized spacial score (nSPS) is 12.2. The molecule has 0 radical (unpaired) electrons. The van der Waals surface area contributed by atoms with Crippen LogP contribution in [-0.4, -0.2) is 27.6 Å². The first kappa shape index (κ1) is 17.8. The third kappa shape index (κ3) is 3.81. The van der Waals surface area contributed by atoms with Crippen molar-refractivity contribution in [2.45, 2.75) is 25.3 Å². The lowest BCUT2D eigenvalue weighted by Gasteiger charge is -2.05. The number of benzene rings is 2. The Bertz CT molecular complexity index is 947. The molecule has 3 N–H and O–H groups in total. The van der Waals surface area contributed by atoms with Crippen LogP contribution in [0.5, 0.6) is 0 Å². The van der Waals surface area contributed by atoms with Crippen molar-refractivity contribution < 1.29 is 19.1 Å². The van der Waals surface area contributed by atoms with E-state index in [1.165, 1.54) is 12.1 Å². The van der Waals surface area contributed by atoms with Gasteiger partial charge in [-0.25, -0.2) is 4.39 Å². The van der Waals surface area contributed by atoms with Crippen LogP contribution in [0, 0.1) is 5.82 Å². The fourth-order valence-electron chi connectivity index (χ4n) is 2.97. The molecule has 3 aromatic rings. The third-order valence-electron chi connectivity index (χ3n) is 4.36. The Morgan fingerprint density at radius 1 is 1.12 bits per heavy atom. The minimum Gasteiger partial charge on any atom is -0.480 e. The highest BCUT2D eigenvalue weighted by Gasteiger charge is 2.18. The van der Waals surface area contributed by atoms with E-state index in [1.807, 2.05) is 24.3 Å². The lowest BCUT2D eigenvalue weighted by molar-refractivity contribution is -0.138. The van der Waals surface area contributed by atoms with Crippen molar-refractivity contribution in [3.8, 4) is 0 Å². The summed E-state index contributed by atoms with van der Waals surface area (Å²) < 4.78 is 14.5. The maximum atomic E-state index is 13.0. The Morgan fingerprint density at radius 2 is 1.81 bits per heavy atom. The second kappa shape index (κ2) is 7.49. The zero-order chi connectivity index (χ0) is 18.7. The molecule has 1 atom stereocenters. The highest BCUT2D eigenvalue weighted by atomic mass is 19.1. The van der Waals surface area contributed by atoms with Gasteiger partial charge in [0, 0.05) is 24.4 Å². The average molecular weight is 354 g/mol. The molecule has 0 spiro atoms. The van der Waals surface area contributed by atoms with Gasteiger partial charge in [0.2, 0.25) is 5.91 Å². The molecule has 26 heavy (non-hydrogen) atoms. The van der Waals surface area contributed by atoms with E-state index in [9.17, 15) is 14.0 Å². The number of carbonyl (C=O) groups is 2. The zero-order valence-electron chi connectivity index (χ0n) is 14.1. The maximum absolute atomic E-state index is 13.0. The first-order chi connectivity index (χ1) is 12.5. The predicted molar refractivity (Wildman–Crippen MR) is 96.6 cm³/mol. The molecule has 0 aliphatic rings. The van der Waals surface area contributed by atoms with Gasteiger partial charge in [-0.05, 0) is 35.7 Å². The van der Waals surface area contributed by atoms with E-state index >= 15 is 0 Å². The van der Waals surface area contributed by atoms with Gasteiger partial charge >= 0.3 is 5.97 Å². The summed E-state index contributed by atoms with van der Waals surface area (Å²) in [5.74, 6) is -1.50. The molecule has 0 saturated heterocycles. The average Bonchev–Trinajstić information content (AvgIpc) is 3.00. The number of rotatable bonds is 6. The number of aliphatic carboxylic acids is 1. The smallest absolute Gasteiger partial charge is 0.320 e. The first-order valence-corrected chi connectivity index (χ1v) is 8.30. The molecular formula is C20H19FN2O3. The highest BCUT2D eigenvalue weighted by Crippen LogP contribution is 2.23. The number of para-hydroxylation sites is 1. The van der Waals surface area contributed by atoms with E-state index in [0.717, 1.165) is 22.0 Å². The summed E-state index contributed by atoms with van der Waals surface area (Å²) in [6.45, 7) is 0. The van der Waals surface area contributed by atoms with Gasteiger partial charge in [-0.15, -0.1) is 0 Å². The van der Waals surface area contributed by atoms with E-state index < -0.39 is 12.0 Å². The summed E-state index contributed by atoms with van der Waals surface area (Å²) in [6, 6.07) is 12.4. The van der Waals surface area contributed by atoms with Crippen molar-refractivity contribution >= 4 is 22.8 Å². The largest absolute Gasteiger partial charge is 0.480 e. The molecule has 6 heteroatoms. The minimum absolute atomic E-state index is 0.110. The lowest BCUT2D eigenvalue weighted by Crippen LogP contribution is -2.32. The molecule has 1 unspecified atom stereocenters. The molecule has 0 bridgehead atoms. The molecule has 0 saturated carbocycles. The number of halogens is 1. The van der Waals surface area contributed by atoms with Crippen molar-refractivity contribution in [3.05, 3.63) is 71.7 Å². The van der Waals surface area contributed by atoms with Crippen LogP contribution in [-0.2, 0) is 17.6 Å². The van der Waals surface area contributed by atoms with Gasteiger partial charge in [0.05, 0.1) is 5.52 Å². The van der Waals surface area contributed by atoms with Gasteiger partial charge in [-0.3, -0.25) is 14.2 Å². The van der Waals surface area contributed by atoms with Gasteiger partial charge in [-0.2, -0.15) is 0 Å². The second-order valence-electron chi connectivity index (χ2n) is 6.21. The number of carboxylic acids is 1. The van der Waals surface area contributed by atoms with Gasteiger partial charge in [0.1, 0.15) is 11.9 Å². The summed E-state index contributed by atoms with van der Waals surface area (Å²) in [5, 5.41) is 9.85. The Hall–Kier alpha value is -2.99. The molecule has 0 fully saturated rings. The van der Waals surface area contributed by atoms with Crippen LogP contribution in [0.1, 0.15) is 22.3 Å². The Balaban J connectivity index is 1.83. The number of nitrogens with two attached hydrogens (primary N) is 1. The van der Waals surface area contributed by atoms with E-state index in [0.29, 0.717) is 6.42 Å². The summed E-state index contributed by atoms with van der Waals surface area (Å²) >= 11 is 0. The van der Waals surface area contributed by atoms with E-state index in [2.05, 4.69) is 0 Å². The quantitative estimate of drug-likeness (QED) is 0.713. The van der Waals surface area contributed by atoms with Crippen LogP contribution in [0.25, 0.3) is 10.9 Å². The van der Waals surface area contributed by atoms with Gasteiger partial charge in [0.15, 0.2) is 0 Å². The molecule has 5 nitrogen and oxygen atoms in total. The highest BCUT2D eigenvalue weighted by molar-refractivity contribution is 5.95. The van der Waals surface area contributed by atoms with Gasteiger partial charge in [0.25, 0.3) is 0 Å². The monoisotopic (exact) mass is 354 g/mol. The predicted octanol–water partition coefficient (Wildman–Crippen LogP) is 3.01. The van der Waals surface area contributed by atoms with E-state index in [4.69, 9.17) is 10.8 Å². The fraction of sp³-hybridized carbons (Fsp3) is 0.200. The summed E-state index contributed by atoms with van der Waals surface area (Å²) in [7, 11) is 0. The zero-order valence-corrected chi connectivity index (χ0v) is 14.1. The van der Waals surface area contributed by atoms with Crippen LogP contribution < -0.4 is 5.73 Å². The molecule has 0 amide bonds. The van der Waals surface area contributed by atoms with E-state index in [1.54, 1.807) is 22.9 Å². The second-order valence-corrected chi connectivity index (χ2v) is 6.21. The number of aromatic nitrogens is 1. The number of carbonyl (C=O) groups excluding carboxylic acids is 1. The maximum Gasteiger partial charge on any atom is 0.320 e. The van der Waals surface area contributed by atoms with E-state index in [-0.39, 0.29) is 24.6 Å². The minimum atomic E-state index is -1.08.